The molecule has 2 unspecified atom stereocenters. The minimum atomic E-state index is 0.385. The highest BCUT2D eigenvalue weighted by Crippen LogP contribution is 2.32. The molecule has 0 bridgehead atoms. The Morgan fingerprint density at radius 1 is 1.44 bits per heavy atom. The van der Waals surface area contributed by atoms with Gasteiger partial charge in [-0.2, -0.15) is 0 Å². The molecule has 1 aliphatic heterocycles. The first kappa shape index (κ1) is 12.1. The van der Waals surface area contributed by atoms with Gasteiger partial charge in [0.15, 0.2) is 0 Å². The van der Waals surface area contributed by atoms with Crippen LogP contribution in [0.4, 0.5) is 0 Å². The highest BCUT2D eigenvalue weighted by molar-refractivity contribution is 9.10. The van der Waals surface area contributed by atoms with Gasteiger partial charge in [0.05, 0.1) is 6.61 Å². The second-order valence-electron chi connectivity index (χ2n) is 4.27. The fraction of sp³-hybridized carbons (Fsp3) is 0.538. The van der Waals surface area contributed by atoms with E-state index in [9.17, 15) is 0 Å². The maximum atomic E-state index is 5.57. The summed E-state index contributed by atoms with van der Waals surface area (Å²) in [5.74, 6) is 0.581. The second-order valence-corrected chi connectivity index (χ2v) is 5.12. The van der Waals surface area contributed by atoms with E-state index in [1.165, 1.54) is 22.9 Å². The summed E-state index contributed by atoms with van der Waals surface area (Å²) < 4.78 is 6.75. The molecular formula is C13H18BrNO. The van der Waals surface area contributed by atoms with E-state index in [2.05, 4.69) is 45.5 Å². The fourth-order valence-corrected chi connectivity index (χ4v) is 2.93. The smallest absolute Gasteiger partial charge is 0.0512 e. The van der Waals surface area contributed by atoms with E-state index >= 15 is 0 Å². The summed E-state index contributed by atoms with van der Waals surface area (Å²) in [6.07, 6.45) is 2.42. The molecule has 0 saturated carbocycles. The van der Waals surface area contributed by atoms with Gasteiger partial charge in [-0.25, -0.2) is 0 Å². The molecule has 1 saturated heterocycles. The van der Waals surface area contributed by atoms with Crippen molar-refractivity contribution in [3.8, 4) is 0 Å². The Bertz CT molecular complexity index is 336. The third kappa shape index (κ3) is 2.65. The lowest BCUT2D eigenvalue weighted by molar-refractivity contribution is 0.0401. The summed E-state index contributed by atoms with van der Waals surface area (Å²) in [6.45, 7) is 1.79. The predicted octanol–water partition coefficient (Wildman–Crippen LogP) is 3.14. The van der Waals surface area contributed by atoms with Crippen molar-refractivity contribution in [1.29, 1.82) is 0 Å². The summed E-state index contributed by atoms with van der Waals surface area (Å²) in [6, 6.07) is 8.81. The molecule has 0 spiro atoms. The van der Waals surface area contributed by atoms with Gasteiger partial charge in [-0.05, 0) is 31.5 Å². The highest BCUT2D eigenvalue weighted by atomic mass is 79.9. The maximum Gasteiger partial charge on any atom is 0.0512 e. The molecule has 1 fully saturated rings. The molecule has 1 aliphatic rings. The fourth-order valence-electron chi connectivity index (χ4n) is 2.40. The van der Waals surface area contributed by atoms with Crippen molar-refractivity contribution in [3.63, 3.8) is 0 Å². The van der Waals surface area contributed by atoms with Crippen molar-refractivity contribution in [3.05, 3.63) is 34.3 Å². The molecule has 0 radical (unpaired) electrons. The van der Waals surface area contributed by atoms with Crippen LogP contribution in [-0.4, -0.2) is 20.3 Å². The lowest BCUT2D eigenvalue weighted by atomic mass is 9.89. The number of halogens is 1. The Morgan fingerprint density at radius 3 is 2.88 bits per heavy atom. The topological polar surface area (TPSA) is 21.3 Å². The van der Waals surface area contributed by atoms with Crippen molar-refractivity contribution in [2.75, 3.05) is 20.3 Å². The third-order valence-electron chi connectivity index (χ3n) is 3.22. The molecule has 16 heavy (non-hydrogen) atoms. The van der Waals surface area contributed by atoms with Crippen LogP contribution in [-0.2, 0) is 4.74 Å². The zero-order valence-corrected chi connectivity index (χ0v) is 11.2. The summed E-state index contributed by atoms with van der Waals surface area (Å²) in [4.78, 5) is 0. The van der Waals surface area contributed by atoms with Crippen LogP contribution >= 0.6 is 15.9 Å². The summed E-state index contributed by atoms with van der Waals surface area (Å²) in [5, 5.41) is 3.42. The zero-order valence-electron chi connectivity index (χ0n) is 9.58. The van der Waals surface area contributed by atoms with Crippen LogP contribution in [0.25, 0.3) is 0 Å². The molecule has 1 heterocycles. The number of ether oxygens (including phenoxy) is 1. The largest absolute Gasteiger partial charge is 0.381 e. The monoisotopic (exact) mass is 283 g/mol. The molecule has 1 aromatic rings. The van der Waals surface area contributed by atoms with Crippen molar-refractivity contribution in [1.82, 2.24) is 5.32 Å². The van der Waals surface area contributed by atoms with E-state index in [0.29, 0.717) is 12.0 Å². The first-order chi connectivity index (χ1) is 7.83. The van der Waals surface area contributed by atoms with Crippen molar-refractivity contribution < 1.29 is 4.74 Å². The van der Waals surface area contributed by atoms with Crippen LogP contribution in [0.1, 0.15) is 24.4 Å². The van der Waals surface area contributed by atoms with Crippen molar-refractivity contribution in [2.24, 2.45) is 5.92 Å². The van der Waals surface area contributed by atoms with Crippen LogP contribution in [0.15, 0.2) is 28.7 Å². The summed E-state index contributed by atoms with van der Waals surface area (Å²) in [7, 11) is 2.03. The first-order valence-corrected chi connectivity index (χ1v) is 6.61. The first-order valence-electron chi connectivity index (χ1n) is 5.82. The number of hydrogen-bond donors (Lipinski definition) is 1. The molecule has 1 aromatic carbocycles. The average Bonchev–Trinajstić information content (AvgIpc) is 2.34. The van der Waals surface area contributed by atoms with Crippen LogP contribution in [0.3, 0.4) is 0 Å². The molecule has 0 aliphatic carbocycles. The van der Waals surface area contributed by atoms with Gasteiger partial charge in [-0.15, -0.1) is 0 Å². The normalized spacial score (nSPS) is 23.0. The molecule has 1 N–H and O–H groups in total. The van der Waals surface area contributed by atoms with E-state index in [0.717, 1.165) is 13.2 Å². The standard InChI is InChI=1S/C13H18BrNO/c1-15-13(10-5-4-8-16-9-10)11-6-2-3-7-12(11)14/h2-3,6-7,10,13,15H,4-5,8-9H2,1H3. The summed E-state index contributed by atoms with van der Waals surface area (Å²) in [5.41, 5.74) is 1.33. The minimum Gasteiger partial charge on any atom is -0.381 e. The second kappa shape index (κ2) is 5.80. The summed E-state index contributed by atoms with van der Waals surface area (Å²) >= 11 is 3.62. The Morgan fingerprint density at radius 2 is 2.25 bits per heavy atom. The van der Waals surface area contributed by atoms with E-state index in [1.54, 1.807) is 0 Å². The van der Waals surface area contributed by atoms with Crippen molar-refractivity contribution >= 4 is 15.9 Å². The van der Waals surface area contributed by atoms with Crippen LogP contribution in [0.5, 0.6) is 0 Å². The Hall–Kier alpha value is -0.380. The van der Waals surface area contributed by atoms with Crippen LogP contribution in [0, 0.1) is 5.92 Å². The molecule has 88 valence electrons. The van der Waals surface area contributed by atoms with Crippen LogP contribution < -0.4 is 5.32 Å². The van der Waals surface area contributed by atoms with Crippen molar-refractivity contribution in [2.45, 2.75) is 18.9 Å². The van der Waals surface area contributed by atoms with E-state index in [1.807, 2.05) is 7.05 Å². The van der Waals surface area contributed by atoms with Gasteiger partial charge in [0.25, 0.3) is 0 Å². The lowest BCUT2D eigenvalue weighted by Gasteiger charge is -2.30. The Labute approximate surface area is 106 Å². The predicted molar refractivity (Wildman–Crippen MR) is 69.5 cm³/mol. The number of rotatable bonds is 3. The molecule has 3 heteroatoms. The van der Waals surface area contributed by atoms with Gasteiger partial charge in [0, 0.05) is 23.0 Å². The minimum absolute atomic E-state index is 0.385. The lowest BCUT2D eigenvalue weighted by Crippen LogP contribution is -2.31. The number of hydrogen-bond acceptors (Lipinski definition) is 2. The SMILES string of the molecule is CNC(c1ccccc1Br)C1CCCOC1. The molecular weight excluding hydrogens is 266 g/mol. The number of benzene rings is 1. The third-order valence-corrected chi connectivity index (χ3v) is 3.94. The molecule has 0 amide bonds. The van der Waals surface area contributed by atoms with E-state index in [-0.39, 0.29) is 0 Å². The molecule has 2 atom stereocenters. The van der Waals surface area contributed by atoms with Gasteiger partial charge in [0.2, 0.25) is 0 Å². The molecule has 0 aromatic heterocycles. The Balaban J connectivity index is 2.18. The zero-order chi connectivity index (χ0) is 11.4. The van der Waals surface area contributed by atoms with Gasteiger partial charge < -0.3 is 10.1 Å². The Kier molecular flexibility index (Phi) is 4.38. The van der Waals surface area contributed by atoms with E-state index < -0.39 is 0 Å². The van der Waals surface area contributed by atoms with Gasteiger partial charge >= 0.3 is 0 Å². The number of nitrogens with one attached hydrogen (secondary N) is 1. The van der Waals surface area contributed by atoms with Gasteiger partial charge in [-0.1, -0.05) is 34.1 Å². The highest BCUT2D eigenvalue weighted by Gasteiger charge is 2.25. The molecule has 2 nitrogen and oxygen atoms in total. The average molecular weight is 284 g/mol. The van der Waals surface area contributed by atoms with E-state index in [4.69, 9.17) is 4.74 Å². The van der Waals surface area contributed by atoms with Gasteiger partial charge in [0.1, 0.15) is 0 Å². The van der Waals surface area contributed by atoms with Crippen LogP contribution in [0.2, 0.25) is 0 Å². The maximum absolute atomic E-state index is 5.57. The van der Waals surface area contributed by atoms with Gasteiger partial charge in [-0.3, -0.25) is 0 Å². The molecule has 2 rings (SSSR count). The quantitative estimate of drug-likeness (QED) is 0.920.